The summed E-state index contributed by atoms with van der Waals surface area (Å²) in [6, 6.07) is 8.86. The Labute approximate surface area is 117 Å². The quantitative estimate of drug-likeness (QED) is 0.817. The number of hydrogen-bond donors (Lipinski definition) is 2. The highest BCUT2D eigenvalue weighted by Crippen LogP contribution is 2.15. The van der Waals surface area contributed by atoms with Gasteiger partial charge in [-0.1, -0.05) is 17.9 Å². The molecule has 4 heteroatoms. The summed E-state index contributed by atoms with van der Waals surface area (Å²) in [6.45, 7) is 1.63. The predicted molar refractivity (Wildman–Crippen MR) is 77.3 cm³/mol. The van der Waals surface area contributed by atoms with Gasteiger partial charge in [0.25, 0.3) is 5.91 Å². The molecule has 0 spiro atoms. The van der Waals surface area contributed by atoms with Gasteiger partial charge in [-0.25, -0.2) is 0 Å². The summed E-state index contributed by atoms with van der Waals surface area (Å²) < 4.78 is 0. The molecule has 1 aromatic heterocycles. The number of hydrogen-bond acceptors (Lipinski definition) is 3. The summed E-state index contributed by atoms with van der Waals surface area (Å²) in [6.07, 6.45) is 3.23. The zero-order valence-corrected chi connectivity index (χ0v) is 11.1. The summed E-state index contributed by atoms with van der Waals surface area (Å²) in [5.74, 6) is 5.21. The van der Waals surface area contributed by atoms with E-state index in [0.29, 0.717) is 11.3 Å². The number of amides is 1. The first kappa shape index (κ1) is 13.8. The van der Waals surface area contributed by atoms with Crippen molar-refractivity contribution in [2.75, 3.05) is 11.9 Å². The first-order valence-electron chi connectivity index (χ1n) is 6.13. The Bertz CT molecular complexity index is 670. The van der Waals surface area contributed by atoms with Crippen LogP contribution in [0.5, 0.6) is 0 Å². The van der Waals surface area contributed by atoms with Crippen LogP contribution in [0.3, 0.4) is 0 Å². The van der Waals surface area contributed by atoms with E-state index in [-0.39, 0.29) is 12.5 Å². The first-order valence-corrected chi connectivity index (χ1v) is 6.13. The van der Waals surface area contributed by atoms with Crippen molar-refractivity contribution in [3.05, 3.63) is 59.4 Å². The van der Waals surface area contributed by atoms with Gasteiger partial charge in [0.05, 0.1) is 11.9 Å². The third-order valence-electron chi connectivity index (χ3n) is 2.80. The van der Waals surface area contributed by atoms with Gasteiger partial charge < -0.3 is 10.4 Å². The monoisotopic (exact) mass is 266 g/mol. The minimum atomic E-state index is -0.205. The van der Waals surface area contributed by atoms with E-state index in [1.165, 1.54) is 0 Å². The summed E-state index contributed by atoms with van der Waals surface area (Å²) in [7, 11) is 0. The number of aliphatic hydroxyl groups excluding tert-OH is 1. The van der Waals surface area contributed by atoms with Crippen LogP contribution in [-0.4, -0.2) is 22.6 Å². The maximum absolute atomic E-state index is 12.2. The zero-order chi connectivity index (χ0) is 14.4. The highest BCUT2D eigenvalue weighted by atomic mass is 16.2. The van der Waals surface area contributed by atoms with Crippen LogP contribution in [-0.2, 0) is 0 Å². The third kappa shape index (κ3) is 3.22. The fourth-order valence-electron chi connectivity index (χ4n) is 1.79. The van der Waals surface area contributed by atoms with E-state index in [1.54, 1.807) is 36.7 Å². The second-order valence-electron chi connectivity index (χ2n) is 4.13. The number of aliphatic hydroxyl groups is 1. The van der Waals surface area contributed by atoms with Crippen LogP contribution in [0.25, 0.3) is 0 Å². The maximum Gasteiger partial charge on any atom is 0.256 e. The molecule has 0 bridgehead atoms. The normalized spacial score (nSPS) is 9.50. The van der Waals surface area contributed by atoms with Gasteiger partial charge in [0.15, 0.2) is 0 Å². The van der Waals surface area contributed by atoms with Gasteiger partial charge >= 0.3 is 0 Å². The molecule has 2 N–H and O–H groups in total. The Morgan fingerprint density at radius 1 is 1.35 bits per heavy atom. The van der Waals surface area contributed by atoms with Crippen LogP contribution < -0.4 is 5.32 Å². The van der Waals surface area contributed by atoms with Crippen LogP contribution in [0.15, 0.2) is 42.7 Å². The SMILES string of the molecule is Cc1c(C#CCO)cccc1C(=O)Nc1cccnc1. The van der Waals surface area contributed by atoms with Gasteiger partial charge in [0.1, 0.15) is 6.61 Å². The number of carbonyl (C=O) groups excluding carboxylic acids is 1. The van der Waals surface area contributed by atoms with E-state index < -0.39 is 0 Å². The second-order valence-corrected chi connectivity index (χ2v) is 4.13. The molecule has 0 saturated heterocycles. The van der Waals surface area contributed by atoms with Gasteiger partial charge in [0.2, 0.25) is 0 Å². The first-order chi connectivity index (χ1) is 9.72. The van der Waals surface area contributed by atoms with Crippen molar-refractivity contribution in [3.8, 4) is 11.8 Å². The summed E-state index contributed by atoms with van der Waals surface area (Å²) >= 11 is 0. The van der Waals surface area contributed by atoms with Crippen molar-refractivity contribution in [1.29, 1.82) is 0 Å². The number of pyridine rings is 1. The van der Waals surface area contributed by atoms with Crippen molar-refractivity contribution >= 4 is 11.6 Å². The number of anilines is 1. The van der Waals surface area contributed by atoms with E-state index in [4.69, 9.17) is 5.11 Å². The molecule has 0 fully saturated rings. The van der Waals surface area contributed by atoms with Gasteiger partial charge in [0, 0.05) is 17.3 Å². The number of carbonyl (C=O) groups is 1. The van der Waals surface area contributed by atoms with Crippen molar-refractivity contribution in [3.63, 3.8) is 0 Å². The van der Waals surface area contributed by atoms with E-state index in [1.807, 2.05) is 13.0 Å². The lowest BCUT2D eigenvalue weighted by Crippen LogP contribution is -2.14. The number of benzene rings is 1. The van der Waals surface area contributed by atoms with Gasteiger partial charge in [-0.2, -0.15) is 0 Å². The zero-order valence-electron chi connectivity index (χ0n) is 11.1. The minimum absolute atomic E-state index is 0.203. The van der Waals surface area contributed by atoms with Crippen molar-refractivity contribution in [2.24, 2.45) is 0 Å². The molecule has 2 aromatic rings. The fourth-order valence-corrected chi connectivity index (χ4v) is 1.79. The van der Waals surface area contributed by atoms with Gasteiger partial charge in [-0.3, -0.25) is 9.78 Å². The molecule has 1 aromatic carbocycles. The maximum atomic E-state index is 12.2. The number of aromatic nitrogens is 1. The molecule has 1 amide bonds. The van der Waals surface area contributed by atoms with Crippen LogP contribution in [0.1, 0.15) is 21.5 Å². The number of rotatable bonds is 2. The molecule has 1 heterocycles. The lowest BCUT2D eigenvalue weighted by molar-refractivity contribution is 0.102. The van der Waals surface area contributed by atoms with Crippen LogP contribution >= 0.6 is 0 Å². The van der Waals surface area contributed by atoms with Crippen LogP contribution in [0, 0.1) is 18.8 Å². The molecule has 0 saturated carbocycles. The third-order valence-corrected chi connectivity index (χ3v) is 2.80. The van der Waals surface area contributed by atoms with Crippen molar-refractivity contribution in [2.45, 2.75) is 6.92 Å². The predicted octanol–water partition coefficient (Wildman–Crippen LogP) is 1.99. The number of nitrogens with zero attached hydrogens (tertiary/aromatic N) is 1. The van der Waals surface area contributed by atoms with Crippen molar-refractivity contribution < 1.29 is 9.90 Å². The standard InChI is InChI=1S/C16H14N2O2/c1-12-13(6-4-10-19)5-2-8-15(12)16(20)18-14-7-3-9-17-11-14/h2-3,5,7-9,11,19H,10H2,1H3,(H,18,20). The van der Waals surface area contributed by atoms with Gasteiger partial charge in [-0.05, 0) is 36.8 Å². The highest BCUT2D eigenvalue weighted by Gasteiger charge is 2.11. The molecule has 2 rings (SSSR count). The largest absolute Gasteiger partial charge is 0.384 e. The second kappa shape index (κ2) is 6.50. The highest BCUT2D eigenvalue weighted by molar-refractivity contribution is 6.05. The smallest absolute Gasteiger partial charge is 0.256 e. The summed E-state index contributed by atoms with van der Waals surface area (Å²) in [5, 5.41) is 11.5. The van der Waals surface area contributed by atoms with E-state index >= 15 is 0 Å². The molecule has 0 aliphatic carbocycles. The Morgan fingerprint density at radius 3 is 2.90 bits per heavy atom. The number of nitrogens with one attached hydrogen (secondary N) is 1. The molecular weight excluding hydrogens is 252 g/mol. The Morgan fingerprint density at radius 2 is 2.20 bits per heavy atom. The minimum Gasteiger partial charge on any atom is -0.384 e. The average Bonchev–Trinajstić information content (AvgIpc) is 2.47. The van der Waals surface area contributed by atoms with E-state index in [0.717, 1.165) is 11.1 Å². The van der Waals surface area contributed by atoms with E-state index in [2.05, 4.69) is 22.1 Å². The Hall–Kier alpha value is -2.64. The molecule has 0 unspecified atom stereocenters. The molecular formula is C16H14N2O2. The van der Waals surface area contributed by atoms with Crippen LogP contribution in [0.2, 0.25) is 0 Å². The lowest BCUT2D eigenvalue weighted by Gasteiger charge is -2.08. The van der Waals surface area contributed by atoms with Crippen molar-refractivity contribution in [1.82, 2.24) is 4.98 Å². The molecule has 4 nitrogen and oxygen atoms in total. The Balaban J connectivity index is 2.26. The molecule has 0 radical (unpaired) electrons. The molecule has 100 valence electrons. The molecule has 0 aliphatic heterocycles. The lowest BCUT2D eigenvalue weighted by atomic mass is 10.0. The molecule has 20 heavy (non-hydrogen) atoms. The fraction of sp³-hybridized carbons (Fsp3) is 0.125. The topological polar surface area (TPSA) is 62.2 Å². The van der Waals surface area contributed by atoms with Crippen LogP contribution in [0.4, 0.5) is 5.69 Å². The molecule has 0 atom stereocenters. The summed E-state index contributed by atoms with van der Waals surface area (Å²) in [5.41, 5.74) is 2.72. The average molecular weight is 266 g/mol. The van der Waals surface area contributed by atoms with Gasteiger partial charge in [-0.15, -0.1) is 0 Å². The summed E-state index contributed by atoms with van der Waals surface area (Å²) in [4.78, 5) is 16.2. The van der Waals surface area contributed by atoms with E-state index in [9.17, 15) is 4.79 Å². The molecule has 0 aliphatic rings. The Kier molecular flexibility index (Phi) is 4.48.